The van der Waals surface area contributed by atoms with E-state index in [1.54, 1.807) is 6.92 Å². The largest absolute Gasteiger partial charge is 0.396 e. The van der Waals surface area contributed by atoms with Crippen LogP contribution in [0.15, 0.2) is 12.1 Å². The third kappa shape index (κ3) is 3.25. The SMILES string of the molecule is CC(CNC(=O)c1c(F)ccc(N)c1F)S(C)=O. The number of hydrogen-bond donors (Lipinski definition) is 2. The Bertz CT molecular complexity index is 494. The molecule has 1 aromatic carbocycles. The molecular formula is C11H14F2N2O2S. The van der Waals surface area contributed by atoms with Crippen molar-refractivity contribution in [2.24, 2.45) is 0 Å². The van der Waals surface area contributed by atoms with Crippen molar-refractivity contribution >= 4 is 22.4 Å². The second kappa shape index (κ2) is 5.90. The normalized spacial score (nSPS) is 14.0. The average Bonchev–Trinajstić information content (AvgIpc) is 2.31. The average molecular weight is 276 g/mol. The lowest BCUT2D eigenvalue weighted by molar-refractivity contribution is 0.0946. The second-order valence-corrected chi connectivity index (χ2v) is 5.65. The zero-order valence-electron chi connectivity index (χ0n) is 10.00. The van der Waals surface area contributed by atoms with Crippen LogP contribution in [0.25, 0.3) is 0 Å². The highest BCUT2D eigenvalue weighted by atomic mass is 32.2. The van der Waals surface area contributed by atoms with E-state index in [1.807, 2.05) is 0 Å². The third-order valence-corrected chi connectivity index (χ3v) is 3.76. The number of nitrogens with one attached hydrogen (secondary N) is 1. The summed E-state index contributed by atoms with van der Waals surface area (Å²) < 4.78 is 37.9. The van der Waals surface area contributed by atoms with Gasteiger partial charge in [0.2, 0.25) is 0 Å². The van der Waals surface area contributed by atoms with E-state index in [2.05, 4.69) is 5.32 Å². The number of nitrogens with two attached hydrogens (primary N) is 1. The molecule has 0 aromatic heterocycles. The summed E-state index contributed by atoms with van der Waals surface area (Å²) >= 11 is 0. The third-order valence-electron chi connectivity index (χ3n) is 2.46. The van der Waals surface area contributed by atoms with Gasteiger partial charge in [-0.15, -0.1) is 0 Å². The van der Waals surface area contributed by atoms with E-state index in [9.17, 15) is 17.8 Å². The van der Waals surface area contributed by atoms with Gasteiger partial charge in [0.25, 0.3) is 5.91 Å². The topological polar surface area (TPSA) is 72.2 Å². The van der Waals surface area contributed by atoms with Crippen LogP contribution < -0.4 is 11.1 Å². The van der Waals surface area contributed by atoms with E-state index in [0.717, 1.165) is 12.1 Å². The van der Waals surface area contributed by atoms with Crippen molar-refractivity contribution in [2.75, 3.05) is 18.5 Å². The lowest BCUT2D eigenvalue weighted by Crippen LogP contribution is -2.33. The predicted octanol–water partition coefficient (Wildman–Crippen LogP) is 1.04. The first-order chi connectivity index (χ1) is 8.34. The Morgan fingerprint density at radius 1 is 1.50 bits per heavy atom. The Balaban J connectivity index is 2.85. The second-order valence-electron chi connectivity index (χ2n) is 3.84. The zero-order chi connectivity index (χ0) is 13.9. The van der Waals surface area contributed by atoms with Gasteiger partial charge in [-0.05, 0) is 19.1 Å². The van der Waals surface area contributed by atoms with Crippen LogP contribution in [0.1, 0.15) is 17.3 Å². The fourth-order valence-corrected chi connectivity index (χ4v) is 1.54. The quantitative estimate of drug-likeness (QED) is 0.807. The first-order valence-corrected chi connectivity index (χ1v) is 6.80. The molecule has 0 bridgehead atoms. The van der Waals surface area contributed by atoms with Gasteiger partial charge >= 0.3 is 0 Å². The van der Waals surface area contributed by atoms with E-state index in [0.29, 0.717) is 0 Å². The highest BCUT2D eigenvalue weighted by Crippen LogP contribution is 2.18. The fourth-order valence-electron chi connectivity index (χ4n) is 1.22. The highest BCUT2D eigenvalue weighted by Gasteiger charge is 2.20. The number of rotatable bonds is 4. The van der Waals surface area contributed by atoms with Crippen molar-refractivity contribution in [3.8, 4) is 0 Å². The summed E-state index contributed by atoms with van der Waals surface area (Å²) in [6, 6.07) is 1.97. The summed E-state index contributed by atoms with van der Waals surface area (Å²) in [4.78, 5) is 11.6. The summed E-state index contributed by atoms with van der Waals surface area (Å²) in [6.45, 7) is 1.72. The van der Waals surface area contributed by atoms with E-state index in [4.69, 9.17) is 5.73 Å². The summed E-state index contributed by atoms with van der Waals surface area (Å²) in [6.07, 6.45) is 1.48. The molecule has 100 valence electrons. The van der Waals surface area contributed by atoms with E-state index >= 15 is 0 Å². The monoisotopic (exact) mass is 276 g/mol. The molecule has 3 N–H and O–H groups in total. The zero-order valence-corrected chi connectivity index (χ0v) is 10.8. The minimum atomic E-state index is -1.13. The maximum Gasteiger partial charge on any atom is 0.257 e. The molecule has 1 aromatic rings. The van der Waals surface area contributed by atoms with Crippen molar-refractivity contribution < 1.29 is 17.8 Å². The molecule has 0 aliphatic rings. The molecule has 0 saturated carbocycles. The lowest BCUT2D eigenvalue weighted by Gasteiger charge is -2.11. The van der Waals surface area contributed by atoms with Crippen LogP contribution in [-0.4, -0.2) is 28.2 Å². The maximum atomic E-state index is 13.5. The van der Waals surface area contributed by atoms with Gasteiger partial charge in [0.15, 0.2) is 5.82 Å². The van der Waals surface area contributed by atoms with E-state index in [1.165, 1.54) is 6.26 Å². The van der Waals surface area contributed by atoms with Gasteiger partial charge in [0, 0.05) is 28.9 Å². The van der Waals surface area contributed by atoms with Gasteiger partial charge in [0.05, 0.1) is 5.69 Å². The maximum absolute atomic E-state index is 13.5. The molecule has 0 saturated heterocycles. The molecular weight excluding hydrogens is 262 g/mol. The van der Waals surface area contributed by atoms with Gasteiger partial charge in [0.1, 0.15) is 11.4 Å². The number of carbonyl (C=O) groups excluding carboxylic acids is 1. The molecule has 0 aliphatic carbocycles. The van der Waals surface area contributed by atoms with Gasteiger partial charge in [-0.3, -0.25) is 9.00 Å². The Labute approximate surface area is 106 Å². The molecule has 1 amide bonds. The molecule has 0 spiro atoms. The number of hydrogen-bond acceptors (Lipinski definition) is 3. The Kier molecular flexibility index (Phi) is 4.77. The lowest BCUT2D eigenvalue weighted by atomic mass is 10.1. The Morgan fingerprint density at radius 3 is 2.67 bits per heavy atom. The fraction of sp³-hybridized carbons (Fsp3) is 0.364. The molecule has 4 nitrogen and oxygen atoms in total. The number of benzene rings is 1. The molecule has 2 atom stereocenters. The van der Waals surface area contributed by atoms with Crippen molar-refractivity contribution in [2.45, 2.75) is 12.2 Å². The van der Waals surface area contributed by atoms with Crippen molar-refractivity contribution in [3.63, 3.8) is 0 Å². The van der Waals surface area contributed by atoms with Crippen LogP contribution >= 0.6 is 0 Å². The number of carbonyl (C=O) groups is 1. The highest BCUT2D eigenvalue weighted by molar-refractivity contribution is 7.84. The van der Waals surface area contributed by atoms with Gasteiger partial charge in [-0.1, -0.05) is 0 Å². The molecule has 0 radical (unpaired) electrons. The number of amides is 1. The van der Waals surface area contributed by atoms with Crippen LogP contribution in [0.4, 0.5) is 14.5 Å². The minimum absolute atomic E-state index is 0.0651. The van der Waals surface area contributed by atoms with Crippen LogP contribution in [0.2, 0.25) is 0 Å². The van der Waals surface area contributed by atoms with Crippen molar-refractivity contribution in [1.82, 2.24) is 5.32 Å². The first kappa shape index (κ1) is 14.6. The van der Waals surface area contributed by atoms with Gasteiger partial charge < -0.3 is 11.1 Å². The van der Waals surface area contributed by atoms with Crippen LogP contribution in [0.5, 0.6) is 0 Å². The Morgan fingerprint density at radius 2 is 2.11 bits per heavy atom. The molecule has 0 fully saturated rings. The summed E-state index contributed by atoms with van der Waals surface area (Å²) in [5.41, 5.74) is 4.25. The number of nitrogen functional groups attached to an aromatic ring is 1. The van der Waals surface area contributed by atoms with Crippen LogP contribution in [0.3, 0.4) is 0 Å². The van der Waals surface area contributed by atoms with E-state index < -0.39 is 33.9 Å². The summed E-state index contributed by atoms with van der Waals surface area (Å²) in [5.74, 6) is -2.98. The number of anilines is 1. The van der Waals surface area contributed by atoms with E-state index in [-0.39, 0.29) is 17.5 Å². The minimum Gasteiger partial charge on any atom is -0.396 e. The van der Waals surface area contributed by atoms with Gasteiger partial charge in [-0.2, -0.15) is 0 Å². The molecule has 7 heteroatoms. The smallest absolute Gasteiger partial charge is 0.257 e. The Hall–Kier alpha value is -1.50. The van der Waals surface area contributed by atoms with Crippen molar-refractivity contribution in [3.05, 3.63) is 29.3 Å². The molecule has 1 rings (SSSR count). The summed E-state index contributed by atoms with van der Waals surface area (Å²) in [7, 11) is -1.13. The van der Waals surface area contributed by atoms with Gasteiger partial charge in [-0.25, -0.2) is 8.78 Å². The molecule has 0 heterocycles. The first-order valence-electron chi connectivity index (χ1n) is 5.18. The standard InChI is InChI=1S/C11H14F2N2O2S/c1-6(18(2)17)5-15-11(16)9-7(12)3-4-8(14)10(9)13/h3-4,6H,5,14H2,1-2H3,(H,15,16). The molecule has 0 aliphatic heterocycles. The number of halogens is 2. The molecule has 2 unspecified atom stereocenters. The molecule has 18 heavy (non-hydrogen) atoms. The van der Waals surface area contributed by atoms with Crippen LogP contribution in [-0.2, 0) is 10.8 Å². The summed E-state index contributed by atoms with van der Waals surface area (Å²) in [5, 5.41) is 2.02. The van der Waals surface area contributed by atoms with Crippen LogP contribution in [0, 0.1) is 11.6 Å². The predicted molar refractivity (Wildman–Crippen MR) is 66.6 cm³/mol. The van der Waals surface area contributed by atoms with Crippen molar-refractivity contribution in [1.29, 1.82) is 0 Å².